The van der Waals surface area contributed by atoms with Gasteiger partial charge in [0.25, 0.3) is 5.56 Å². The molecule has 0 aliphatic heterocycles. The molecule has 2 rings (SSSR count). The normalized spacial score (nSPS) is 10.7. The lowest BCUT2D eigenvalue weighted by molar-refractivity contribution is 0.0595. The van der Waals surface area contributed by atoms with Crippen LogP contribution in [0.25, 0.3) is 10.9 Å². The van der Waals surface area contributed by atoms with Crippen molar-refractivity contribution in [3.05, 3.63) is 38.3 Å². The molecule has 0 saturated carbocycles. The number of halogens is 2. The molecule has 0 amide bonds. The topological polar surface area (TPSA) is 68.5 Å². The predicted molar refractivity (Wildman–Crippen MR) is 69.9 cm³/mol. The lowest BCUT2D eigenvalue weighted by atomic mass is 10.1. The molecule has 0 aliphatic carbocycles. The fourth-order valence-electron chi connectivity index (χ4n) is 1.80. The van der Waals surface area contributed by atoms with Gasteiger partial charge < -0.3 is 14.4 Å². The molecule has 2 aromatic rings. The molecular formula is C12H9BrFNO4. The monoisotopic (exact) mass is 329 g/mol. The van der Waals surface area contributed by atoms with Crippen molar-refractivity contribution in [3.8, 4) is 5.75 Å². The number of fused-ring (bicyclic) bond motifs is 1. The van der Waals surface area contributed by atoms with E-state index in [2.05, 4.69) is 20.7 Å². The van der Waals surface area contributed by atoms with E-state index in [0.29, 0.717) is 5.52 Å². The number of rotatable bonds is 1. The van der Waals surface area contributed by atoms with Gasteiger partial charge in [0.05, 0.1) is 17.1 Å². The summed E-state index contributed by atoms with van der Waals surface area (Å²) in [5.74, 6) is -2.17. The van der Waals surface area contributed by atoms with E-state index in [-0.39, 0.29) is 9.86 Å². The molecule has 5 nitrogen and oxygen atoms in total. The first-order valence-electron chi connectivity index (χ1n) is 5.17. The minimum atomic E-state index is -0.969. The number of benzene rings is 1. The Morgan fingerprint density at radius 3 is 2.68 bits per heavy atom. The van der Waals surface area contributed by atoms with E-state index >= 15 is 0 Å². The van der Waals surface area contributed by atoms with Crippen LogP contribution in [0.4, 0.5) is 4.39 Å². The largest absolute Gasteiger partial charge is 0.506 e. The number of nitrogens with zero attached hydrogens (tertiary/aromatic N) is 1. The van der Waals surface area contributed by atoms with Gasteiger partial charge in [0, 0.05) is 12.4 Å². The lowest BCUT2D eigenvalue weighted by Gasteiger charge is -2.11. The summed E-state index contributed by atoms with van der Waals surface area (Å²) in [7, 11) is 2.51. The van der Waals surface area contributed by atoms with Gasteiger partial charge in [-0.3, -0.25) is 4.79 Å². The third kappa shape index (κ3) is 1.99. The number of aromatic nitrogens is 1. The van der Waals surface area contributed by atoms with E-state index in [1.165, 1.54) is 13.1 Å². The highest BCUT2D eigenvalue weighted by atomic mass is 79.9. The molecule has 1 heterocycles. The van der Waals surface area contributed by atoms with Crippen LogP contribution in [0.15, 0.2) is 21.4 Å². The summed E-state index contributed by atoms with van der Waals surface area (Å²) in [5.41, 5.74) is -0.932. The van der Waals surface area contributed by atoms with Crippen molar-refractivity contribution >= 4 is 32.8 Å². The van der Waals surface area contributed by atoms with Gasteiger partial charge in [-0.05, 0) is 28.1 Å². The van der Waals surface area contributed by atoms with Crippen LogP contribution >= 0.6 is 15.9 Å². The number of pyridine rings is 1. The Labute approximate surface area is 115 Å². The van der Waals surface area contributed by atoms with Crippen molar-refractivity contribution in [2.45, 2.75) is 0 Å². The van der Waals surface area contributed by atoms with Crippen LogP contribution in [0.1, 0.15) is 10.4 Å². The second kappa shape index (κ2) is 4.65. The fraction of sp³-hybridized carbons (Fsp3) is 0.167. The summed E-state index contributed by atoms with van der Waals surface area (Å²) in [4.78, 5) is 23.5. The molecule has 0 unspecified atom stereocenters. The van der Waals surface area contributed by atoms with Crippen LogP contribution in [0.5, 0.6) is 5.75 Å². The number of aryl methyl sites for hydroxylation is 1. The fourth-order valence-corrected chi connectivity index (χ4v) is 2.13. The van der Waals surface area contributed by atoms with Crippen molar-refractivity contribution in [2.24, 2.45) is 7.05 Å². The number of methoxy groups -OCH3 is 1. The number of hydrogen-bond donors (Lipinski definition) is 1. The molecule has 0 radical (unpaired) electrons. The van der Waals surface area contributed by atoms with Crippen molar-refractivity contribution in [1.82, 2.24) is 4.57 Å². The van der Waals surface area contributed by atoms with E-state index in [9.17, 15) is 19.1 Å². The first-order valence-corrected chi connectivity index (χ1v) is 5.96. The average Bonchev–Trinajstić information content (AvgIpc) is 2.38. The summed E-state index contributed by atoms with van der Waals surface area (Å²) >= 11 is 3.00. The van der Waals surface area contributed by atoms with E-state index in [1.54, 1.807) is 0 Å². The number of aromatic hydroxyl groups is 1. The minimum absolute atomic E-state index is 0.0585. The highest BCUT2D eigenvalue weighted by Gasteiger charge is 2.22. The van der Waals surface area contributed by atoms with Gasteiger partial charge in [0.2, 0.25) is 0 Å². The Kier molecular flexibility index (Phi) is 3.32. The van der Waals surface area contributed by atoms with Crippen molar-refractivity contribution < 1.29 is 19.0 Å². The zero-order valence-corrected chi connectivity index (χ0v) is 11.6. The Hall–Kier alpha value is -1.89. The van der Waals surface area contributed by atoms with Crippen LogP contribution in [-0.4, -0.2) is 22.8 Å². The van der Waals surface area contributed by atoms with Gasteiger partial charge >= 0.3 is 5.97 Å². The van der Waals surface area contributed by atoms with Gasteiger partial charge in [0.1, 0.15) is 11.6 Å². The minimum Gasteiger partial charge on any atom is -0.506 e. The number of carbonyl (C=O) groups is 1. The molecule has 1 aromatic heterocycles. The van der Waals surface area contributed by atoms with Crippen molar-refractivity contribution in [2.75, 3.05) is 7.11 Å². The summed E-state index contributed by atoms with van der Waals surface area (Å²) in [5, 5.41) is 10.0. The molecule has 1 N–H and O–H groups in total. The van der Waals surface area contributed by atoms with E-state index in [4.69, 9.17) is 0 Å². The first kappa shape index (κ1) is 13.5. The number of esters is 1. The third-order valence-corrected chi connectivity index (χ3v) is 3.41. The SMILES string of the molecule is COC(=O)c1c(O)c2cc(F)c(Br)cc2n(C)c1=O. The van der Waals surface area contributed by atoms with Crippen LogP contribution in [-0.2, 0) is 11.8 Å². The Morgan fingerprint density at radius 2 is 2.11 bits per heavy atom. The molecule has 0 atom stereocenters. The Morgan fingerprint density at radius 1 is 1.47 bits per heavy atom. The van der Waals surface area contributed by atoms with Gasteiger partial charge in [-0.15, -0.1) is 0 Å². The molecule has 0 spiro atoms. The lowest BCUT2D eigenvalue weighted by Crippen LogP contribution is -2.25. The van der Waals surface area contributed by atoms with Gasteiger partial charge in [-0.2, -0.15) is 0 Å². The second-order valence-corrected chi connectivity index (χ2v) is 4.72. The smallest absolute Gasteiger partial charge is 0.347 e. The maximum atomic E-state index is 13.5. The van der Waals surface area contributed by atoms with E-state index in [0.717, 1.165) is 17.7 Å². The van der Waals surface area contributed by atoms with E-state index in [1.807, 2.05) is 0 Å². The highest BCUT2D eigenvalue weighted by Crippen LogP contribution is 2.30. The molecule has 100 valence electrons. The first-order chi connectivity index (χ1) is 8.88. The summed E-state index contributed by atoms with van der Waals surface area (Å²) in [6, 6.07) is 2.40. The van der Waals surface area contributed by atoms with Crippen LogP contribution in [0.3, 0.4) is 0 Å². The van der Waals surface area contributed by atoms with Crippen molar-refractivity contribution in [1.29, 1.82) is 0 Å². The average molecular weight is 330 g/mol. The van der Waals surface area contributed by atoms with Crippen molar-refractivity contribution in [3.63, 3.8) is 0 Å². The molecule has 19 heavy (non-hydrogen) atoms. The molecule has 7 heteroatoms. The van der Waals surface area contributed by atoms with Crippen LogP contribution in [0.2, 0.25) is 0 Å². The number of hydrogen-bond acceptors (Lipinski definition) is 4. The predicted octanol–water partition coefficient (Wildman–Crippen LogP) is 1.93. The zero-order valence-electron chi connectivity index (χ0n) is 10.0. The van der Waals surface area contributed by atoms with Crippen LogP contribution in [0, 0.1) is 5.82 Å². The molecule has 0 bridgehead atoms. The Balaban J connectivity index is 3.00. The molecule has 1 aromatic carbocycles. The summed E-state index contributed by atoms with van der Waals surface area (Å²) in [6.07, 6.45) is 0. The van der Waals surface area contributed by atoms with Gasteiger partial charge in [-0.1, -0.05) is 0 Å². The quantitative estimate of drug-likeness (QED) is 0.812. The maximum Gasteiger partial charge on any atom is 0.347 e. The maximum absolute atomic E-state index is 13.5. The second-order valence-electron chi connectivity index (χ2n) is 3.86. The number of carbonyl (C=O) groups excluding carboxylic acids is 1. The van der Waals surface area contributed by atoms with E-state index < -0.39 is 28.7 Å². The van der Waals surface area contributed by atoms with Crippen LogP contribution < -0.4 is 5.56 Å². The molecule has 0 fully saturated rings. The van der Waals surface area contributed by atoms with Gasteiger partial charge in [0.15, 0.2) is 5.56 Å². The Bertz CT molecular complexity index is 754. The summed E-state index contributed by atoms with van der Waals surface area (Å²) < 4.78 is 19.3. The number of ether oxygens (including phenoxy) is 1. The zero-order chi connectivity index (χ0) is 14.3. The summed E-state index contributed by atoms with van der Waals surface area (Å²) in [6.45, 7) is 0. The van der Waals surface area contributed by atoms with Gasteiger partial charge in [-0.25, -0.2) is 9.18 Å². The standard InChI is InChI=1S/C12H9BrFNO4/c1-15-8-4-6(13)7(14)3-5(8)10(16)9(11(15)17)12(18)19-2/h3-4,16H,1-2H3. The molecule has 0 saturated heterocycles. The third-order valence-electron chi connectivity index (χ3n) is 2.80. The molecule has 0 aliphatic rings. The molecular weight excluding hydrogens is 321 g/mol. The highest BCUT2D eigenvalue weighted by molar-refractivity contribution is 9.10.